The van der Waals surface area contributed by atoms with Gasteiger partial charge in [0.05, 0.1) is 6.20 Å². The van der Waals surface area contributed by atoms with Crippen LogP contribution in [0.5, 0.6) is 0 Å². The van der Waals surface area contributed by atoms with Gasteiger partial charge in [-0.3, -0.25) is 9.78 Å². The third-order valence-corrected chi connectivity index (χ3v) is 5.65. The minimum atomic E-state index is 0.0721. The van der Waals surface area contributed by atoms with Crippen molar-refractivity contribution in [1.82, 2.24) is 14.9 Å². The molecular formula is C24H26N4O. The second-order valence-electron chi connectivity index (χ2n) is 7.46. The van der Waals surface area contributed by atoms with Crippen molar-refractivity contribution in [3.05, 3.63) is 89.9 Å². The number of aromatic nitrogens is 2. The van der Waals surface area contributed by atoms with Crippen LogP contribution >= 0.6 is 0 Å². The topological polar surface area (TPSA) is 49.3 Å². The number of aryl methyl sites for hydroxylation is 1. The van der Waals surface area contributed by atoms with Crippen molar-refractivity contribution in [3.8, 4) is 0 Å². The number of nitrogens with zero attached hydrogens (tertiary/aromatic N) is 4. The molecule has 1 aliphatic heterocycles. The highest BCUT2D eigenvalue weighted by molar-refractivity contribution is 5.78. The molecule has 2 heterocycles. The summed E-state index contributed by atoms with van der Waals surface area (Å²) >= 11 is 0. The van der Waals surface area contributed by atoms with Crippen LogP contribution in [-0.2, 0) is 4.79 Å². The highest BCUT2D eigenvalue weighted by atomic mass is 16.2. The normalized spacial score (nSPS) is 15.2. The predicted molar refractivity (Wildman–Crippen MR) is 115 cm³/mol. The number of carbonyl (C=O) groups is 1. The Morgan fingerprint density at radius 2 is 1.69 bits per heavy atom. The minimum Gasteiger partial charge on any atom is -0.352 e. The summed E-state index contributed by atoms with van der Waals surface area (Å²) < 4.78 is 0. The van der Waals surface area contributed by atoms with E-state index in [0.717, 1.165) is 18.9 Å². The zero-order chi connectivity index (χ0) is 20.1. The standard InChI is InChI=1S/C24H26N4O/c1-19-7-5-6-10-21(19)22(20-8-3-2-4-9-20)17-24(29)28-15-13-27(14-16-28)23-18-25-11-12-26-23/h2-12,18,22H,13-17H2,1H3/t22-/m0/s1. The molecule has 5 nitrogen and oxygen atoms in total. The number of anilines is 1. The summed E-state index contributed by atoms with van der Waals surface area (Å²) in [4.78, 5) is 25.9. The Morgan fingerprint density at radius 1 is 0.966 bits per heavy atom. The average molecular weight is 386 g/mol. The van der Waals surface area contributed by atoms with E-state index in [2.05, 4.69) is 58.2 Å². The quantitative estimate of drug-likeness (QED) is 0.672. The minimum absolute atomic E-state index is 0.0721. The maximum Gasteiger partial charge on any atom is 0.223 e. The Bertz CT molecular complexity index is 937. The van der Waals surface area contributed by atoms with Crippen molar-refractivity contribution in [1.29, 1.82) is 0 Å². The molecular weight excluding hydrogens is 360 g/mol. The van der Waals surface area contributed by atoms with E-state index in [-0.39, 0.29) is 11.8 Å². The Hall–Kier alpha value is -3.21. The fraction of sp³-hybridized carbons (Fsp3) is 0.292. The summed E-state index contributed by atoms with van der Waals surface area (Å²) in [5, 5.41) is 0. The lowest BCUT2D eigenvalue weighted by Gasteiger charge is -2.36. The first-order chi connectivity index (χ1) is 14.2. The fourth-order valence-corrected chi connectivity index (χ4v) is 4.01. The van der Waals surface area contributed by atoms with E-state index in [1.807, 2.05) is 23.1 Å². The van der Waals surface area contributed by atoms with Crippen molar-refractivity contribution in [3.63, 3.8) is 0 Å². The van der Waals surface area contributed by atoms with Gasteiger partial charge in [-0.25, -0.2) is 4.98 Å². The molecule has 1 amide bonds. The van der Waals surface area contributed by atoms with Crippen molar-refractivity contribution < 1.29 is 4.79 Å². The van der Waals surface area contributed by atoms with Crippen LogP contribution in [0.4, 0.5) is 5.82 Å². The van der Waals surface area contributed by atoms with Crippen LogP contribution in [0, 0.1) is 6.92 Å². The second-order valence-corrected chi connectivity index (χ2v) is 7.46. The van der Waals surface area contributed by atoms with Gasteiger partial charge in [0.2, 0.25) is 5.91 Å². The zero-order valence-corrected chi connectivity index (χ0v) is 16.7. The molecule has 1 fully saturated rings. The van der Waals surface area contributed by atoms with E-state index in [1.165, 1.54) is 16.7 Å². The van der Waals surface area contributed by atoms with Gasteiger partial charge in [-0.15, -0.1) is 0 Å². The van der Waals surface area contributed by atoms with E-state index in [4.69, 9.17) is 0 Å². The van der Waals surface area contributed by atoms with Crippen LogP contribution in [0.15, 0.2) is 73.2 Å². The molecule has 1 saturated heterocycles. The maximum absolute atomic E-state index is 13.2. The number of piperazine rings is 1. The van der Waals surface area contributed by atoms with Gasteiger partial charge in [0.15, 0.2) is 0 Å². The molecule has 0 aliphatic carbocycles. The summed E-state index contributed by atoms with van der Waals surface area (Å²) in [7, 11) is 0. The molecule has 148 valence electrons. The molecule has 0 N–H and O–H groups in total. The first kappa shape index (κ1) is 19.1. The number of hydrogen-bond donors (Lipinski definition) is 0. The third-order valence-electron chi connectivity index (χ3n) is 5.65. The summed E-state index contributed by atoms with van der Waals surface area (Å²) in [5.74, 6) is 1.16. The summed E-state index contributed by atoms with van der Waals surface area (Å²) in [6.07, 6.45) is 5.65. The Morgan fingerprint density at radius 3 is 2.38 bits per heavy atom. The number of benzene rings is 2. The molecule has 3 aromatic rings. The summed E-state index contributed by atoms with van der Waals surface area (Å²) in [6, 6.07) is 18.7. The largest absolute Gasteiger partial charge is 0.352 e. The van der Waals surface area contributed by atoms with Gasteiger partial charge in [-0.05, 0) is 23.6 Å². The van der Waals surface area contributed by atoms with Crippen LogP contribution in [0.25, 0.3) is 0 Å². The zero-order valence-electron chi connectivity index (χ0n) is 16.7. The summed E-state index contributed by atoms with van der Waals surface area (Å²) in [5.41, 5.74) is 3.64. The maximum atomic E-state index is 13.2. The van der Waals surface area contributed by atoms with Gasteiger partial charge in [0.25, 0.3) is 0 Å². The van der Waals surface area contributed by atoms with Gasteiger partial charge in [-0.1, -0.05) is 54.6 Å². The predicted octanol–water partition coefficient (Wildman–Crippen LogP) is 3.66. The van der Waals surface area contributed by atoms with E-state index >= 15 is 0 Å². The lowest BCUT2D eigenvalue weighted by atomic mass is 9.85. The molecule has 29 heavy (non-hydrogen) atoms. The van der Waals surface area contributed by atoms with Gasteiger partial charge in [0, 0.05) is 50.9 Å². The first-order valence-electron chi connectivity index (χ1n) is 10.1. The van der Waals surface area contributed by atoms with E-state index in [1.54, 1.807) is 18.6 Å². The van der Waals surface area contributed by atoms with Crippen LogP contribution < -0.4 is 4.90 Å². The number of carbonyl (C=O) groups excluding carboxylic acids is 1. The molecule has 0 saturated carbocycles. The third kappa shape index (κ3) is 4.45. The Balaban J connectivity index is 1.47. The van der Waals surface area contributed by atoms with Gasteiger partial charge < -0.3 is 9.80 Å². The first-order valence-corrected chi connectivity index (χ1v) is 10.1. The molecule has 1 atom stereocenters. The Labute approximate surface area is 172 Å². The van der Waals surface area contributed by atoms with E-state index < -0.39 is 0 Å². The molecule has 2 aromatic carbocycles. The molecule has 5 heteroatoms. The molecule has 0 radical (unpaired) electrons. The van der Waals surface area contributed by atoms with Crippen LogP contribution in [-0.4, -0.2) is 47.0 Å². The van der Waals surface area contributed by atoms with Gasteiger partial charge >= 0.3 is 0 Å². The highest BCUT2D eigenvalue weighted by Crippen LogP contribution is 2.31. The number of rotatable bonds is 5. The van der Waals surface area contributed by atoms with Crippen molar-refractivity contribution in [2.24, 2.45) is 0 Å². The SMILES string of the molecule is Cc1ccccc1[C@@H](CC(=O)N1CCN(c2cnccn2)CC1)c1ccccc1. The van der Waals surface area contributed by atoms with E-state index in [9.17, 15) is 4.79 Å². The molecule has 0 spiro atoms. The van der Waals surface area contributed by atoms with Gasteiger partial charge in [0.1, 0.15) is 5.82 Å². The highest BCUT2D eigenvalue weighted by Gasteiger charge is 2.26. The van der Waals surface area contributed by atoms with Crippen molar-refractivity contribution >= 4 is 11.7 Å². The van der Waals surface area contributed by atoms with E-state index in [0.29, 0.717) is 19.5 Å². The van der Waals surface area contributed by atoms with Gasteiger partial charge in [-0.2, -0.15) is 0 Å². The van der Waals surface area contributed by atoms with Crippen molar-refractivity contribution in [2.75, 3.05) is 31.1 Å². The van der Waals surface area contributed by atoms with Crippen LogP contribution in [0.2, 0.25) is 0 Å². The molecule has 1 aromatic heterocycles. The molecule has 4 rings (SSSR count). The van der Waals surface area contributed by atoms with Crippen molar-refractivity contribution in [2.45, 2.75) is 19.3 Å². The lowest BCUT2D eigenvalue weighted by Crippen LogP contribution is -2.49. The van der Waals surface area contributed by atoms with Crippen LogP contribution in [0.3, 0.4) is 0 Å². The number of hydrogen-bond acceptors (Lipinski definition) is 4. The molecule has 0 unspecified atom stereocenters. The monoisotopic (exact) mass is 386 g/mol. The smallest absolute Gasteiger partial charge is 0.223 e. The Kier molecular flexibility index (Phi) is 5.84. The molecule has 0 bridgehead atoms. The van der Waals surface area contributed by atoms with Crippen LogP contribution in [0.1, 0.15) is 29.0 Å². The summed E-state index contributed by atoms with van der Waals surface area (Å²) in [6.45, 7) is 5.11. The average Bonchev–Trinajstić information content (AvgIpc) is 2.79. The molecule has 1 aliphatic rings. The number of amides is 1. The fourth-order valence-electron chi connectivity index (χ4n) is 4.01. The lowest BCUT2D eigenvalue weighted by molar-refractivity contribution is -0.131. The second kappa shape index (κ2) is 8.86.